The van der Waals surface area contributed by atoms with Crippen molar-refractivity contribution in [3.05, 3.63) is 0 Å². The molecule has 5 atom stereocenters. The average molecular weight is 402 g/mol. The van der Waals surface area contributed by atoms with Crippen molar-refractivity contribution in [1.29, 1.82) is 0 Å². The zero-order valence-electron chi connectivity index (χ0n) is 19.0. The molecule has 0 radical (unpaired) electrons. The first kappa shape index (κ1) is 25.2. The quantitative estimate of drug-likeness (QED) is 0.183. The maximum atomic E-state index is 6.53. The van der Waals surface area contributed by atoms with E-state index in [-0.39, 0.29) is 11.7 Å². The molecule has 1 aliphatic heterocycles. The Morgan fingerprint density at radius 1 is 0.963 bits per heavy atom. The molecule has 1 fully saturated rings. The summed E-state index contributed by atoms with van der Waals surface area (Å²) < 4.78 is 0. The van der Waals surface area contributed by atoms with Crippen LogP contribution in [0.4, 0.5) is 0 Å². The summed E-state index contributed by atoms with van der Waals surface area (Å²) in [5.41, 5.74) is 0.450. The summed E-state index contributed by atoms with van der Waals surface area (Å²) in [5, 5.41) is 10.8. The van der Waals surface area contributed by atoms with E-state index in [0.29, 0.717) is 11.6 Å². The number of halogens is 1. The van der Waals surface area contributed by atoms with Gasteiger partial charge in [-0.25, -0.2) is 0 Å². The van der Waals surface area contributed by atoms with Gasteiger partial charge in [-0.05, 0) is 49.5 Å². The smallest absolute Gasteiger partial charge is 0.113 e. The minimum absolute atomic E-state index is 0.0118. The highest BCUT2D eigenvalue weighted by molar-refractivity contribution is 6.21. The van der Waals surface area contributed by atoms with Gasteiger partial charge in [-0.2, -0.15) is 0 Å². The zero-order chi connectivity index (χ0) is 20.3. The summed E-state index contributed by atoms with van der Waals surface area (Å²) in [6, 6.07) is 0. The average Bonchev–Trinajstić information content (AvgIpc) is 2.93. The summed E-state index contributed by atoms with van der Waals surface area (Å²) in [7, 11) is 0. The summed E-state index contributed by atoms with van der Waals surface area (Å²) in [4.78, 5) is 0. The van der Waals surface area contributed by atoms with E-state index in [2.05, 4.69) is 57.5 Å². The molecule has 1 saturated heterocycles. The predicted octanol–water partition coefficient (Wildman–Crippen LogP) is 6.23. The lowest BCUT2D eigenvalue weighted by Gasteiger charge is -2.25. The fraction of sp³-hybridized carbons (Fsp3) is 1.00. The Bertz CT molecular complexity index is 369. The van der Waals surface area contributed by atoms with Gasteiger partial charge < -0.3 is 0 Å². The van der Waals surface area contributed by atoms with Crippen molar-refractivity contribution >= 4 is 11.6 Å². The fourth-order valence-electron chi connectivity index (χ4n) is 4.34. The number of unbranched alkanes of at least 4 members (excludes halogenated alkanes) is 2. The Morgan fingerprint density at radius 2 is 1.67 bits per heavy atom. The van der Waals surface area contributed by atoms with Crippen LogP contribution in [0.15, 0.2) is 0 Å². The van der Waals surface area contributed by atoms with Crippen molar-refractivity contribution in [3.63, 3.8) is 0 Å². The fourth-order valence-corrected chi connectivity index (χ4v) is 4.65. The van der Waals surface area contributed by atoms with E-state index in [0.717, 1.165) is 18.4 Å². The van der Waals surface area contributed by atoms with Crippen LogP contribution in [0.1, 0.15) is 106 Å². The molecule has 1 heterocycles. The van der Waals surface area contributed by atoms with E-state index in [1.165, 1.54) is 64.2 Å². The zero-order valence-corrected chi connectivity index (χ0v) is 19.8. The van der Waals surface area contributed by atoms with Gasteiger partial charge in [0.25, 0.3) is 0 Å². The SMILES string of the molecule is CCCC(C)C(CCC)CCC1NC(Cl)C(NCCCCCC(C)(C)C)N1. The summed E-state index contributed by atoms with van der Waals surface area (Å²) in [5.74, 6) is 1.69. The lowest BCUT2D eigenvalue weighted by Crippen LogP contribution is -2.44. The Labute approximate surface area is 175 Å². The lowest BCUT2D eigenvalue weighted by atomic mass is 9.83. The number of hydrogen-bond acceptors (Lipinski definition) is 3. The largest absolute Gasteiger partial charge is 0.300 e. The van der Waals surface area contributed by atoms with E-state index in [1.54, 1.807) is 0 Å². The van der Waals surface area contributed by atoms with Gasteiger partial charge in [-0.3, -0.25) is 16.0 Å². The van der Waals surface area contributed by atoms with Crippen molar-refractivity contribution in [2.24, 2.45) is 17.3 Å². The van der Waals surface area contributed by atoms with Crippen LogP contribution in [0.25, 0.3) is 0 Å². The molecule has 0 amide bonds. The highest BCUT2D eigenvalue weighted by atomic mass is 35.5. The molecule has 0 aliphatic carbocycles. The van der Waals surface area contributed by atoms with Crippen LogP contribution in [0.2, 0.25) is 0 Å². The van der Waals surface area contributed by atoms with Gasteiger partial charge in [0.2, 0.25) is 0 Å². The van der Waals surface area contributed by atoms with Crippen LogP contribution in [0, 0.1) is 17.3 Å². The van der Waals surface area contributed by atoms with Crippen molar-refractivity contribution in [3.8, 4) is 0 Å². The Kier molecular flexibility index (Phi) is 12.5. The molecule has 0 aromatic rings. The van der Waals surface area contributed by atoms with Gasteiger partial charge in [-0.15, -0.1) is 11.6 Å². The van der Waals surface area contributed by atoms with Crippen molar-refractivity contribution < 1.29 is 0 Å². The molecule has 0 aromatic carbocycles. The molecular formula is C23H48ClN3. The van der Waals surface area contributed by atoms with Crippen molar-refractivity contribution in [1.82, 2.24) is 16.0 Å². The van der Waals surface area contributed by atoms with Gasteiger partial charge in [0.15, 0.2) is 0 Å². The number of alkyl halides is 1. The molecule has 3 nitrogen and oxygen atoms in total. The number of rotatable bonds is 14. The van der Waals surface area contributed by atoms with E-state index in [1.807, 2.05) is 0 Å². The van der Waals surface area contributed by atoms with Gasteiger partial charge in [0.05, 0.1) is 12.3 Å². The van der Waals surface area contributed by atoms with Crippen LogP contribution in [0.5, 0.6) is 0 Å². The monoisotopic (exact) mass is 401 g/mol. The topological polar surface area (TPSA) is 36.1 Å². The van der Waals surface area contributed by atoms with Crippen LogP contribution in [-0.2, 0) is 0 Å². The highest BCUT2D eigenvalue weighted by Crippen LogP contribution is 2.27. The molecule has 1 rings (SSSR count). The van der Waals surface area contributed by atoms with Gasteiger partial charge >= 0.3 is 0 Å². The van der Waals surface area contributed by atoms with E-state index in [9.17, 15) is 0 Å². The Balaban J connectivity index is 2.23. The van der Waals surface area contributed by atoms with Crippen LogP contribution < -0.4 is 16.0 Å². The Hall–Kier alpha value is 0.170. The summed E-state index contributed by atoms with van der Waals surface area (Å²) in [6.07, 6.45) is 13.5. The molecular weight excluding hydrogens is 354 g/mol. The molecule has 0 spiro atoms. The lowest BCUT2D eigenvalue weighted by molar-refractivity contribution is 0.273. The van der Waals surface area contributed by atoms with Crippen molar-refractivity contribution in [2.75, 3.05) is 6.54 Å². The highest BCUT2D eigenvalue weighted by Gasteiger charge is 2.31. The molecule has 0 bridgehead atoms. The molecule has 0 aromatic heterocycles. The van der Waals surface area contributed by atoms with Gasteiger partial charge in [0.1, 0.15) is 5.50 Å². The van der Waals surface area contributed by atoms with Crippen LogP contribution in [-0.4, -0.2) is 24.4 Å². The van der Waals surface area contributed by atoms with Gasteiger partial charge in [0, 0.05) is 0 Å². The number of nitrogens with one attached hydrogen (secondary N) is 3. The van der Waals surface area contributed by atoms with Crippen molar-refractivity contribution in [2.45, 2.75) is 124 Å². The first-order chi connectivity index (χ1) is 12.8. The molecule has 4 heteroatoms. The number of hydrogen-bond donors (Lipinski definition) is 3. The second-order valence-corrected chi connectivity index (χ2v) is 10.5. The third-order valence-corrected chi connectivity index (χ3v) is 6.41. The molecule has 3 N–H and O–H groups in total. The first-order valence-electron chi connectivity index (χ1n) is 11.7. The molecule has 27 heavy (non-hydrogen) atoms. The maximum Gasteiger partial charge on any atom is 0.113 e. The van der Waals surface area contributed by atoms with Gasteiger partial charge in [-0.1, -0.05) is 80.1 Å². The summed E-state index contributed by atoms with van der Waals surface area (Å²) in [6.45, 7) is 15.1. The second kappa shape index (κ2) is 13.4. The van der Waals surface area contributed by atoms with E-state index < -0.39 is 0 Å². The second-order valence-electron chi connectivity index (χ2n) is 9.98. The predicted molar refractivity (Wildman–Crippen MR) is 121 cm³/mol. The van der Waals surface area contributed by atoms with E-state index in [4.69, 9.17) is 11.6 Å². The van der Waals surface area contributed by atoms with E-state index >= 15 is 0 Å². The third kappa shape index (κ3) is 11.1. The molecule has 162 valence electrons. The van der Waals surface area contributed by atoms with Crippen LogP contribution >= 0.6 is 11.6 Å². The van der Waals surface area contributed by atoms with Crippen LogP contribution in [0.3, 0.4) is 0 Å². The standard InChI is InChI=1S/C23H48ClN3/c1-7-12-18(3)19(13-8-2)14-15-20-26-21(24)22(27-20)25-17-11-9-10-16-23(4,5)6/h18-22,25-27H,7-17H2,1-6H3. The third-order valence-electron chi connectivity index (χ3n) is 6.04. The first-order valence-corrected chi connectivity index (χ1v) is 12.1. The molecule has 0 saturated carbocycles. The minimum atomic E-state index is -0.0118. The minimum Gasteiger partial charge on any atom is -0.300 e. The molecule has 1 aliphatic rings. The Morgan fingerprint density at radius 3 is 2.30 bits per heavy atom. The summed E-state index contributed by atoms with van der Waals surface area (Å²) >= 11 is 6.53. The maximum absolute atomic E-state index is 6.53. The molecule has 5 unspecified atom stereocenters. The normalized spacial score (nSPS) is 25.7.